The van der Waals surface area contributed by atoms with Gasteiger partial charge in [-0.05, 0) is 74.6 Å². The number of hydrogen-bond donors (Lipinski definition) is 0. The number of carbonyl (C=O) groups excluding carboxylic acids is 1. The fourth-order valence-electron chi connectivity index (χ4n) is 4.95. The lowest BCUT2D eigenvalue weighted by atomic mass is 9.94. The van der Waals surface area contributed by atoms with Crippen LogP contribution in [0, 0.1) is 13.8 Å². The minimum absolute atomic E-state index is 0.0729. The van der Waals surface area contributed by atoms with Gasteiger partial charge in [0.1, 0.15) is 5.82 Å². The molecule has 1 aromatic heterocycles. The number of fused-ring (bicyclic) bond motifs is 1. The summed E-state index contributed by atoms with van der Waals surface area (Å²) in [5.41, 5.74) is 4.58. The van der Waals surface area contributed by atoms with Crippen molar-refractivity contribution in [3.63, 3.8) is 0 Å². The number of carbonyl (C=O) groups is 1. The van der Waals surface area contributed by atoms with E-state index in [2.05, 4.69) is 20.8 Å². The van der Waals surface area contributed by atoms with Crippen LogP contribution in [0.1, 0.15) is 74.5 Å². The second-order valence-electron chi connectivity index (χ2n) is 9.83. The van der Waals surface area contributed by atoms with E-state index in [9.17, 15) is 9.59 Å². The van der Waals surface area contributed by atoms with Gasteiger partial charge in [0.2, 0.25) is 5.91 Å². The molecule has 37 heavy (non-hydrogen) atoms. The fraction of sp³-hybridized carbons (Fsp3) is 0.344. The first kappa shape index (κ1) is 26.3. The number of rotatable bonds is 9. The Labute approximate surface area is 219 Å². The zero-order valence-corrected chi connectivity index (χ0v) is 22.6. The predicted octanol–water partition coefficient (Wildman–Crippen LogP) is 6.89. The number of aromatic nitrogens is 2. The molecular weight excluding hydrogens is 458 g/mol. The van der Waals surface area contributed by atoms with Crippen LogP contribution >= 0.6 is 0 Å². The minimum atomic E-state index is -0.393. The molecule has 0 saturated heterocycles. The summed E-state index contributed by atoms with van der Waals surface area (Å²) in [6.07, 6.45) is 2.55. The van der Waals surface area contributed by atoms with Crippen LogP contribution in [0.2, 0.25) is 0 Å². The zero-order chi connectivity index (χ0) is 26.5. The van der Waals surface area contributed by atoms with Gasteiger partial charge in [0.15, 0.2) is 0 Å². The molecule has 2 atom stereocenters. The van der Waals surface area contributed by atoms with Gasteiger partial charge in [0.05, 0.1) is 28.6 Å². The molecule has 4 aromatic rings. The summed E-state index contributed by atoms with van der Waals surface area (Å²) >= 11 is 0. The quantitative estimate of drug-likeness (QED) is 0.254. The molecule has 0 saturated carbocycles. The smallest absolute Gasteiger partial charge is 0.266 e. The fourth-order valence-corrected chi connectivity index (χ4v) is 4.95. The van der Waals surface area contributed by atoms with Crippen molar-refractivity contribution in [2.45, 2.75) is 65.8 Å². The molecule has 192 valence electrons. The summed E-state index contributed by atoms with van der Waals surface area (Å²) in [7, 11) is 0. The maximum absolute atomic E-state index is 14.1. The maximum Gasteiger partial charge on any atom is 0.266 e. The lowest BCUT2D eigenvalue weighted by molar-refractivity contribution is -0.135. The second kappa shape index (κ2) is 11.5. The lowest BCUT2D eigenvalue weighted by Crippen LogP contribution is -2.40. The molecule has 2 unspecified atom stereocenters. The van der Waals surface area contributed by atoms with Gasteiger partial charge in [-0.2, -0.15) is 0 Å². The Balaban J connectivity index is 1.89. The van der Waals surface area contributed by atoms with E-state index in [1.807, 2.05) is 91.5 Å². The molecule has 0 aliphatic heterocycles. The van der Waals surface area contributed by atoms with E-state index in [0.717, 1.165) is 35.2 Å². The summed E-state index contributed by atoms with van der Waals surface area (Å²) in [6.45, 7) is 10.9. The van der Waals surface area contributed by atoms with Gasteiger partial charge >= 0.3 is 0 Å². The number of para-hydroxylation sites is 1. The van der Waals surface area contributed by atoms with Gasteiger partial charge in [-0.3, -0.25) is 14.2 Å². The van der Waals surface area contributed by atoms with E-state index in [-0.39, 0.29) is 17.4 Å². The number of benzene rings is 3. The molecule has 0 radical (unpaired) electrons. The van der Waals surface area contributed by atoms with E-state index in [0.29, 0.717) is 29.7 Å². The first-order chi connectivity index (χ1) is 17.9. The van der Waals surface area contributed by atoms with Crippen LogP contribution in [-0.2, 0) is 4.79 Å². The van der Waals surface area contributed by atoms with Crippen LogP contribution in [0.3, 0.4) is 0 Å². The molecule has 0 N–H and O–H groups in total. The van der Waals surface area contributed by atoms with Gasteiger partial charge in [-0.25, -0.2) is 4.98 Å². The molecule has 5 nitrogen and oxygen atoms in total. The van der Waals surface area contributed by atoms with Crippen LogP contribution < -0.4 is 5.56 Å². The molecule has 4 rings (SSSR count). The van der Waals surface area contributed by atoms with Crippen LogP contribution in [0.25, 0.3) is 16.6 Å². The second-order valence-corrected chi connectivity index (χ2v) is 9.83. The van der Waals surface area contributed by atoms with Crippen molar-refractivity contribution in [3.05, 3.63) is 106 Å². The number of nitrogens with zero attached hydrogens (tertiary/aromatic N) is 3. The molecular formula is C32H37N3O2. The molecule has 0 spiro atoms. The van der Waals surface area contributed by atoms with E-state index in [4.69, 9.17) is 4.98 Å². The van der Waals surface area contributed by atoms with Crippen LogP contribution in [0.15, 0.2) is 77.6 Å². The first-order valence-electron chi connectivity index (χ1n) is 13.3. The van der Waals surface area contributed by atoms with Crippen LogP contribution in [0.5, 0.6) is 0 Å². The Kier molecular flexibility index (Phi) is 8.22. The molecule has 0 aliphatic rings. The standard InChI is InChI=1S/C32H37N3O2/c1-6-8-20-34(31(36)27(7-2)25-14-10-9-11-15-25)24(5)30-33-29-17-13-12-16-28(29)32(37)35(30)26-19-18-22(3)23(4)21-26/h9-19,21,24,27H,6-8,20H2,1-5H3. The van der Waals surface area contributed by atoms with Crippen molar-refractivity contribution in [2.75, 3.05) is 6.54 Å². The summed E-state index contributed by atoms with van der Waals surface area (Å²) in [4.78, 5) is 34.9. The van der Waals surface area contributed by atoms with Crippen molar-refractivity contribution in [2.24, 2.45) is 0 Å². The van der Waals surface area contributed by atoms with E-state index >= 15 is 0 Å². The Hall–Kier alpha value is -3.73. The van der Waals surface area contributed by atoms with Crippen molar-refractivity contribution >= 4 is 16.8 Å². The molecule has 1 heterocycles. The van der Waals surface area contributed by atoms with Crippen molar-refractivity contribution < 1.29 is 4.79 Å². The summed E-state index contributed by atoms with van der Waals surface area (Å²) < 4.78 is 1.70. The normalized spacial score (nSPS) is 12.9. The monoisotopic (exact) mass is 495 g/mol. The van der Waals surface area contributed by atoms with Gasteiger partial charge in [-0.1, -0.05) is 68.8 Å². The Morgan fingerprint density at radius 1 is 0.946 bits per heavy atom. The lowest BCUT2D eigenvalue weighted by Gasteiger charge is -2.33. The van der Waals surface area contributed by atoms with Crippen LogP contribution in [0.4, 0.5) is 0 Å². The summed E-state index contributed by atoms with van der Waals surface area (Å²) in [5, 5.41) is 0.568. The number of aryl methyl sites for hydroxylation is 2. The molecule has 3 aromatic carbocycles. The van der Waals surface area contributed by atoms with Crippen molar-refractivity contribution in [3.8, 4) is 5.69 Å². The highest BCUT2D eigenvalue weighted by Crippen LogP contribution is 2.29. The summed E-state index contributed by atoms with van der Waals surface area (Å²) in [5.74, 6) is 0.408. The Morgan fingerprint density at radius 2 is 1.65 bits per heavy atom. The average Bonchev–Trinajstić information content (AvgIpc) is 2.91. The number of amides is 1. The highest BCUT2D eigenvalue weighted by Gasteiger charge is 2.31. The van der Waals surface area contributed by atoms with Gasteiger partial charge in [-0.15, -0.1) is 0 Å². The highest BCUT2D eigenvalue weighted by atomic mass is 16.2. The van der Waals surface area contributed by atoms with E-state index in [1.54, 1.807) is 4.57 Å². The van der Waals surface area contributed by atoms with E-state index in [1.165, 1.54) is 0 Å². The topological polar surface area (TPSA) is 55.2 Å². The Bertz CT molecular complexity index is 1440. The third-order valence-electron chi connectivity index (χ3n) is 7.34. The SMILES string of the molecule is CCCCN(C(=O)C(CC)c1ccccc1)C(C)c1nc2ccccc2c(=O)n1-c1ccc(C)c(C)c1. The van der Waals surface area contributed by atoms with Crippen molar-refractivity contribution in [1.29, 1.82) is 0 Å². The van der Waals surface area contributed by atoms with Gasteiger partial charge in [0, 0.05) is 6.54 Å². The Morgan fingerprint density at radius 3 is 2.32 bits per heavy atom. The third-order valence-corrected chi connectivity index (χ3v) is 7.34. The van der Waals surface area contributed by atoms with Crippen LogP contribution in [-0.4, -0.2) is 26.9 Å². The average molecular weight is 496 g/mol. The molecule has 5 heteroatoms. The first-order valence-corrected chi connectivity index (χ1v) is 13.3. The third kappa shape index (κ3) is 5.36. The number of unbranched alkanes of at least 4 members (excludes halogenated alkanes) is 1. The zero-order valence-electron chi connectivity index (χ0n) is 22.6. The molecule has 1 amide bonds. The maximum atomic E-state index is 14.1. The van der Waals surface area contributed by atoms with E-state index < -0.39 is 6.04 Å². The van der Waals surface area contributed by atoms with Crippen molar-refractivity contribution in [1.82, 2.24) is 14.5 Å². The van der Waals surface area contributed by atoms with Gasteiger partial charge in [0.25, 0.3) is 5.56 Å². The summed E-state index contributed by atoms with van der Waals surface area (Å²) in [6, 6.07) is 23.1. The molecule has 0 bridgehead atoms. The number of hydrogen-bond acceptors (Lipinski definition) is 3. The molecule has 0 aliphatic carbocycles. The predicted molar refractivity (Wildman–Crippen MR) is 151 cm³/mol. The largest absolute Gasteiger partial charge is 0.332 e. The minimum Gasteiger partial charge on any atom is -0.332 e. The van der Waals surface area contributed by atoms with Gasteiger partial charge < -0.3 is 4.90 Å². The molecule has 0 fully saturated rings. The highest BCUT2D eigenvalue weighted by molar-refractivity contribution is 5.84.